The van der Waals surface area contributed by atoms with Gasteiger partial charge in [0.1, 0.15) is 0 Å². The number of nitrogens with two attached hydrogens (primary N) is 1. The van der Waals surface area contributed by atoms with E-state index in [1.165, 1.54) is 7.11 Å². The largest absolute Gasteiger partial charge is 0.465 e. The maximum atomic E-state index is 12.2. The molecule has 1 saturated carbocycles. The fraction of sp³-hybridized carbons (Fsp3) is 0.385. The highest BCUT2D eigenvalue weighted by atomic mass is 16.5. The van der Waals surface area contributed by atoms with E-state index in [-0.39, 0.29) is 11.3 Å². The van der Waals surface area contributed by atoms with Gasteiger partial charge in [0, 0.05) is 18.4 Å². The first-order valence-electron chi connectivity index (χ1n) is 5.82. The number of ether oxygens (including phenoxy) is 1. The number of benzene rings is 1. The molecule has 0 unspecified atom stereocenters. The number of hydrogen-bond acceptors (Lipinski definition) is 4. The first-order chi connectivity index (χ1) is 8.51. The molecule has 5 nitrogen and oxygen atoms in total. The summed E-state index contributed by atoms with van der Waals surface area (Å²) in [7, 11) is 3.04. The van der Waals surface area contributed by atoms with Gasteiger partial charge in [-0.1, -0.05) is 0 Å². The lowest BCUT2D eigenvalue weighted by molar-refractivity contribution is -0.119. The lowest BCUT2D eigenvalue weighted by atomic mass is 9.95. The maximum Gasteiger partial charge on any atom is 0.340 e. The number of likely N-dealkylation sites (N-methyl/N-ethyl adjacent to an activating group) is 1. The van der Waals surface area contributed by atoms with Gasteiger partial charge in [-0.15, -0.1) is 0 Å². The fourth-order valence-electron chi connectivity index (χ4n) is 2.71. The van der Waals surface area contributed by atoms with E-state index in [4.69, 9.17) is 5.73 Å². The number of fused-ring (bicyclic) bond motifs is 2. The van der Waals surface area contributed by atoms with Gasteiger partial charge in [-0.25, -0.2) is 4.79 Å². The molecule has 2 aliphatic rings. The predicted molar refractivity (Wildman–Crippen MR) is 66.5 cm³/mol. The Balaban J connectivity index is 2.19. The Hall–Kier alpha value is -2.04. The average molecular weight is 246 g/mol. The highest BCUT2D eigenvalue weighted by Gasteiger charge is 2.58. The number of carbonyl (C=O) groups is 2. The van der Waals surface area contributed by atoms with Crippen LogP contribution in [0.4, 0.5) is 11.4 Å². The third-order valence-electron chi connectivity index (χ3n) is 3.91. The summed E-state index contributed by atoms with van der Waals surface area (Å²) >= 11 is 0. The molecule has 1 amide bonds. The standard InChI is InChI=1S/C13H14N2O3/c1-15-10-5-7(11(16)18-2)9(14)6-8(10)13(3-4-13)12(15)17/h5-6H,3-4,14H2,1-2H3. The van der Waals surface area contributed by atoms with Crippen LogP contribution in [0.1, 0.15) is 28.8 Å². The summed E-state index contributed by atoms with van der Waals surface area (Å²) in [6.07, 6.45) is 1.72. The molecule has 0 atom stereocenters. The molecule has 1 fully saturated rings. The van der Waals surface area contributed by atoms with Crippen LogP contribution in [0.5, 0.6) is 0 Å². The number of hydrogen-bond donors (Lipinski definition) is 1. The first-order valence-corrected chi connectivity index (χ1v) is 5.82. The van der Waals surface area contributed by atoms with Gasteiger partial charge in [0.05, 0.1) is 18.1 Å². The topological polar surface area (TPSA) is 72.6 Å². The zero-order valence-corrected chi connectivity index (χ0v) is 10.3. The molecular formula is C13H14N2O3. The van der Waals surface area contributed by atoms with Crippen molar-refractivity contribution in [2.24, 2.45) is 0 Å². The smallest absolute Gasteiger partial charge is 0.340 e. The molecule has 0 radical (unpaired) electrons. The van der Waals surface area contributed by atoms with E-state index in [9.17, 15) is 9.59 Å². The summed E-state index contributed by atoms with van der Waals surface area (Å²) < 4.78 is 4.68. The summed E-state index contributed by atoms with van der Waals surface area (Å²) in [4.78, 5) is 25.4. The van der Waals surface area contributed by atoms with Crippen LogP contribution in [0.3, 0.4) is 0 Å². The van der Waals surface area contributed by atoms with Crippen molar-refractivity contribution in [1.29, 1.82) is 0 Å². The second kappa shape index (κ2) is 3.25. The summed E-state index contributed by atoms with van der Waals surface area (Å²) in [5.41, 5.74) is 7.91. The summed E-state index contributed by atoms with van der Waals surface area (Å²) in [6, 6.07) is 3.40. The van der Waals surface area contributed by atoms with E-state index in [0.29, 0.717) is 11.3 Å². The second-order valence-corrected chi connectivity index (χ2v) is 4.89. The SMILES string of the molecule is COC(=O)c1cc2c(cc1N)C1(CC1)C(=O)N2C. The van der Waals surface area contributed by atoms with E-state index in [2.05, 4.69) is 4.74 Å². The van der Waals surface area contributed by atoms with Crippen molar-refractivity contribution in [3.8, 4) is 0 Å². The Labute approximate surface area is 105 Å². The Morgan fingerprint density at radius 1 is 1.44 bits per heavy atom. The summed E-state index contributed by atoms with van der Waals surface area (Å²) in [6.45, 7) is 0. The van der Waals surface area contributed by atoms with E-state index < -0.39 is 5.97 Å². The number of esters is 1. The van der Waals surface area contributed by atoms with Crippen molar-refractivity contribution in [3.05, 3.63) is 23.3 Å². The van der Waals surface area contributed by atoms with Gasteiger partial charge in [0.2, 0.25) is 5.91 Å². The molecule has 0 bridgehead atoms. The van der Waals surface area contributed by atoms with Crippen LogP contribution in [-0.4, -0.2) is 26.0 Å². The van der Waals surface area contributed by atoms with E-state index in [1.54, 1.807) is 24.1 Å². The van der Waals surface area contributed by atoms with Crippen molar-refractivity contribution in [1.82, 2.24) is 0 Å². The van der Waals surface area contributed by atoms with Crippen molar-refractivity contribution in [2.75, 3.05) is 24.8 Å². The van der Waals surface area contributed by atoms with Gasteiger partial charge in [0.15, 0.2) is 0 Å². The molecule has 1 heterocycles. The number of anilines is 2. The number of nitrogens with zero attached hydrogens (tertiary/aromatic N) is 1. The third-order valence-corrected chi connectivity index (χ3v) is 3.91. The molecule has 5 heteroatoms. The van der Waals surface area contributed by atoms with Crippen molar-refractivity contribution in [2.45, 2.75) is 18.3 Å². The van der Waals surface area contributed by atoms with Gasteiger partial charge in [-0.3, -0.25) is 4.79 Å². The number of methoxy groups -OCH3 is 1. The highest BCUT2D eigenvalue weighted by Crippen LogP contribution is 2.57. The van der Waals surface area contributed by atoms with E-state index >= 15 is 0 Å². The van der Waals surface area contributed by atoms with Crippen LogP contribution in [0.2, 0.25) is 0 Å². The Kier molecular flexibility index (Phi) is 2.00. The molecule has 1 aromatic carbocycles. The quantitative estimate of drug-likeness (QED) is 0.594. The van der Waals surface area contributed by atoms with Crippen molar-refractivity contribution < 1.29 is 14.3 Å². The molecule has 1 aliphatic carbocycles. The van der Waals surface area contributed by atoms with E-state index in [0.717, 1.165) is 24.1 Å². The number of nitrogen functional groups attached to an aromatic ring is 1. The fourth-order valence-corrected chi connectivity index (χ4v) is 2.71. The molecule has 94 valence electrons. The molecule has 1 spiro atoms. The van der Waals surface area contributed by atoms with Gasteiger partial charge >= 0.3 is 5.97 Å². The first kappa shape index (κ1) is 11.1. The van der Waals surface area contributed by atoms with Gasteiger partial charge in [-0.05, 0) is 30.5 Å². The zero-order valence-electron chi connectivity index (χ0n) is 10.3. The third kappa shape index (κ3) is 1.16. The molecule has 18 heavy (non-hydrogen) atoms. The van der Waals surface area contributed by atoms with E-state index in [1.807, 2.05) is 0 Å². The van der Waals surface area contributed by atoms with Crippen LogP contribution < -0.4 is 10.6 Å². The number of carbonyl (C=O) groups excluding carboxylic acids is 2. The molecule has 3 rings (SSSR count). The molecular weight excluding hydrogens is 232 g/mol. The minimum atomic E-state index is -0.479. The minimum absolute atomic E-state index is 0.0962. The zero-order chi connectivity index (χ0) is 13.1. The van der Waals surface area contributed by atoms with Crippen molar-refractivity contribution in [3.63, 3.8) is 0 Å². The lowest BCUT2D eigenvalue weighted by Crippen LogP contribution is -2.27. The normalized spacial score (nSPS) is 19.0. The molecule has 1 aliphatic heterocycles. The van der Waals surface area contributed by atoms with Crippen LogP contribution in [0, 0.1) is 0 Å². The van der Waals surface area contributed by atoms with Gasteiger partial charge < -0.3 is 15.4 Å². The molecule has 0 aromatic heterocycles. The van der Waals surface area contributed by atoms with Gasteiger partial charge in [-0.2, -0.15) is 0 Å². The van der Waals surface area contributed by atoms with Crippen molar-refractivity contribution >= 4 is 23.3 Å². The minimum Gasteiger partial charge on any atom is -0.465 e. The second-order valence-electron chi connectivity index (χ2n) is 4.89. The number of amides is 1. The average Bonchev–Trinajstić information content (AvgIpc) is 3.14. The number of rotatable bonds is 1. The molecule has 2 N–H and O–H groups in total. The highest BCUT2D eigenvalue weighted by molar-refractivity contribution is 6.11. The lowest BCUT2D eigenvalue weighted by Gasteiger charge is -2.12. The Morgan fingerprint density at radius 3 is 2.67 bits per heavy atom. The monoisotopic (exact) mass is 246 g/mol. The Bertz CT molecular complexity index is 576. The molecule has 0 saturated heterocycles. The van der Waals surface area contributed by atoms with Crippen LogP contribution in [-0.2, 0) is 14.9 Å². The van der Waals surface area contributed by atoms with Crippen LogP contribution in [0.15, 0.2) is 12.1 Å². The summed E-state index contributed by atoms with van der Waals surface area (Å²) in [5.74, 6) is -0.383. The maximum absolute atomic E-state index is 12.2. The molecule has 1 aromatic rings. The summed E-state index contributed by atoms with van der Waals surface area (Å²) in [5, 5.41) is 0. The predicted octanol–water partition coefficient (Wildman–Crippen LogP) is 1.06. The Morgan fingerprint density at radius 2 is 2.11 bits per heavy atom. The van der Waals surface area contributed by atoms with Crippen LogP contribution >= 0.6 is 0 Å². The van der Waals surface area contributed by atoms with Crippen LogP contribution in [0.25, 0.3) is 0 Å². The van der Waals surface area contributed by atoms with Gasteiger partial charge in [0.25, 0.3) is 0 Å².